The van der Waals surface area contributed by atoms with Crippen LogP contribution in [0.25, 0.3) is 0 Å². The number of nitrogens with zero attached hydrogens (tertiary/aromatic N) is 1. The van der Waals surface area contributed by atoms with Gasteiger partial charge in [0.1, 0.15) is 0 Å². The Morgan fingerprint density at radius 2 is 2.06 bits per heavy atom. The van der Waals surface area contributed by atoms with Crippen molar-refractivity contribution in [3.05, 3.63) is 38.8 Å². The van der Waals surface area contributed by atoms with Gasteiger partial charge in [-0.15, -0.1) is 0 Å². The van der Waals surface area contributed by atoms with Crippen molar-refractivity contribution in [2.45, 2.75) is 23.6 Å². The van der Waals surface area contributed by atoms with E-state index in [4.69, 9.17) is 23.8 Å². The summed E-state index contributed by atoms with van der Waals surface area (Å²) in [5.74, 6) is 1.09. The third-order valence-electron chi connectivity index (χ3n) is 2.42. The van der Waals surface area contributed by atoms with Gasteiger partial charge in [0, 0.05) is 10.8 Å². The molecule has 96 valence electrons. The van der Waals surface area contributed by atoms with Crippen LogP contribution in [0, 0.1) is 3.95 Å². The monoisotopic (exact) mass is 316 g/mol. The molecule has 0 atom stereocenters. The van der Waals surface area contributed by atoms with Crippen LogP contribution in [0.3, 0.4) is 0 Å². The Morgan fingerprint density at radius 3 is 2.72 bits per heavy atom. The second-order valence-corrected chi connectivity index (χ2v) is 7.26. The Kier molecular flexibility index (Phi) is 5.69. The van der Waals surface area contributed by atoms with E-state index < -0.39 is 0 Å². The number of aromatic amines is 1. The molecular weight excluding hydrogens is 304 g/mol. The fourth-order valence-electron chi connectivity index (χ4n) is 1.52. The Balaban J connectivity index is 1.64. The molecule has 0 unspecified atom stereocenters. The van der Waals surface area contributed by atoms with Crippen molar-refractivity contribution in [3.63, 3.8) is 0 Å². The van der Waals surface area contributed by atoms with E-state index in [1.807, 2.05) is 12.1 Å². The zero-order valence-corrected chi connectivity index (χ0v) is 12.9. The molecule has 0 saturated carbocycles. The first-order chi connectivity index (χ1) is 8.74. The molecule has 0 saturated heterocycles. The van der Waals surface area contributed by atoms with E-state index in [0.717, 1.165) is 25.5 Å². The van der Waals surface area contributed by atoms with Gasteiger partial charge in [0.15, 0.2) is 8.29 Å². The second-order valence-electron chi connectivity index (χ2n) is 3.81. The van der Waals surface area contributed by atoms with Gasteiger partial charge in [-0.2, -0.15) is 5.10 Å². The molecule has 0 bridgehead atoms. The molecule has 1 aromatic carbocycles. The molecule has 1 N–H and O–H groups in total. The number of H-pyrrole nitrogens is 1. The zero-order valence-electron chi connectivity index (χ0n) is 9.69. The van der Waals surface area contributed by atoms with Crippen molar-refractivity contribution in [1.82, 2.24) is 10.2 Å². The average molecular weight is 317 g/mol. The first kappa shape index (κ1) is 14.1. The smallest absolute Gasteiger partial charge is 0.177 e. The highest BCUT2D eigenvalue weighted by molar-refractivity contribution is 8.01. The highest BCUT2D eigenvalue weighted by Crippen LogP contribution is 2.21. The van der Waals surface area contributed by atoms with Crippen LogP contribution in [0.1, 0.15) is 18.4 Å². The van der Waals surface area contributed by atoms with Crippen LogP contribution in [-0.4, -0.2) is 16.0 Å². The number of hydrogen-bond donors (Lipinski definition) is 1. The summed E-state index contributed by atoms with van der Waals surface area (Å²) in [5, 5.41) is 7.71. The van der Waals surface area contributed by atoms with Crippen LogP contribution in [0.4, 0.5) is 0 Å². The molecule has 2 nitrogen and oxygen atoms in total. The maximum absolute atomic E-state index is 5.84. The van der Waals surface area contributed by atoms with Crippen LogP contribution in [0.2, 0.25) is 5.02 Å². The lowest BCUT2D eigenvalue weighted by Crippen LogP contribution is -1.87. The van der Waals surface area contributed by atoms with E-state index in [1.54, 1.807) is 23.1 Å². The summed E-state index contributed by atoms with van der Waals surface area (Å²) in [5.41, 5.74) is 1.35. The molecule has 0 radical (unpaired) electrons. The highest BCUT2D eigenvalue weighted by atomic mass is 35.5. The van der Waals surface area contributed by atoms with Gasteiger partial charge in [0.25, 0.3) is 0 Å². The summed E-state index contributed by atoms with van der Waals surface area (Å²) < 4.78 is 1.78. The molecule has 1 heterocycles. The lowest BCUT2D eigenvalue weighted by Gasteiger charge is -2.01. The van der Waals surface area contributed by atoms with Gasteiger partial charge in [-0.1, -0.05) is 46.8 Å². The largest absolute Gasteiger partial charge is 0.257 e. The predicted molar refractivity (Wildman–Crippen MR) is 82.4 cm³/mol. The Labute approximate surface area is 125 Å². The molecule has 0 spiro atoms. The number of unbranched alkanes of at least 4 members (excludes halogenated alkanes) is 1. The summed E-state index contributed by atoms with van der Waals surface area (Å²) >= 11 is 14.1. The first-order valence-electron chi connectivity index (χ1n) is 5.67. The van der Waals surface area contributed by atoms with Crippen LogP contribution >= 0.6 is 46.9 Å². The van der Waals surface area contributed by atoms with E-state index in [-0.39, 0.29) is 0 Å². The number of halogens is 1. The number of benzene rings is 1. The molecule has 6 heteroatoms. The topological polar surface area (TPSA) is 28.7 Å². The second kappa shape index (κ2) is 7.28. The molecule has 0 aliphatic heterocycles. The third kappa shape index (κ3) is 4.72. The van der Waals surface area contributed by atoms with E-state index in [2.05, 4.69) is 22.3 Å². The summed E-state index contributed by atoms with van der Waals surface area (Å²) in [6.45, 7) is 0. The van der Waals surface area contributed by atoms with Gasteiger partial charge in [0.2, 0.25) is 0 Å². The minimum absolute atomic E-state index is 0.749. The fourth-order valence-corrected chi connectivity index (χ4v) is 3.80. The summed E-state index contributed by atoms with van der Waals surface area (Å²) in [6.07, 6.45) is 3.47. The first-order valence-corrected chi connectivity index (χ1v) is 8.25. The van der Waals surface area contributed by atoms with E-state index in [0.29, 0.717) is 0 Å². The quantitative estimate of drug-likeness (QED) is 0.463. The summed E-state index contributed by atoms with van der Waals surface area (Å²) in [7, 11) is 0. The Hall–Kier alpha value is -0.360. The van der Waals surface area contributed by atoms with Crippen LogP contribution in [0.5, 0.6) is 0 Å². The zero-order chi connectivity index (χ0) is 12.8. The molecule has 0 aliphatic rings. The van der Waals surface area contributed by atoms with Gasteiger partial charge in [-0.25, -0.2) is 0 Å². The van der Waals surface area contributed by atoms with Gasteiger partial charge in [-0.05, 0) is 49.2 Å². The standard InChI is InChI=1S/C12H13ClN2S3/c13-10-6-4-9(5-7-10)3-1-2-8-17-12-15-14-11(16)18-12/h4-7H,1-3,8H2,(H,14,16). The molecule has 1 aromatic heterocycles. The number of aryl methyl sites for hydroxylation is 1. The van der Waals surface area contributed by atoms with E-state index in [9.17, 15) is 0 Å². The average Bonchev–Trinajstić information content (AvgIpc) is 2.77. The van der Waals surface area contributed by atoms with Gasteiger partial charge >= 0.3 is 0 Å². The molecule has 18 heavy (non-hydrogen) atoms. The van der Waals surface area contributed by atoms with Crippen molar-refractivity contribution in [1.29, 1.82) is 0 Å². The molecule has 0 amide bonds. The van der Waals surface area contributed by atoms with Crippen molar-refractivity contribution in [2.24, 2.45) is 0 Å². The number of aromatic nitrogens is 2. The lowest BCUT2D eigenvalue weighted by atomic mass is 10.1. The molecular formula is C12H13ClN2S3. The minimum atomic E-state index is 0.749. The van der Waals surface area contributed by atoms with Gasteiger partial charge in [0.05, 0.1) is 0 Å². The lowest BCUT2D eigenvalue weighted by molar-refractivity contribution is 0.802. The summed E-state index contributed by atoms with van der Waals surface area (Å²) in [6, 6.07) is 8.08. The number of rotatable bonds is 6. The number of nitrogens with one attached hydrogen (secondary N) is 1. The predicted octanol–water partition coefficient (Wildman–Crippen LogP) is 4.97. The minimum Gasteiger partial charge on any atom is -0.257 e. The Morgan fingerprint density at radius 1 is 1.28 bits per heavy atom. The van der Waals surface area contributed by atoms with Gasteiger partial charge in [-0.3, -0.25) is 5.10 Å². The van der Waals surface area contributed by atoms with Crippen molar-refractivity contribution in [3.8, 4) is 0 Å². The molecule has 2 rings (SSSR count). The SMILES string of the molecule is S=c1[nH]nc(SCCCCc2ccc(Cl)cc2)s1. The van der Waals surface area contributed by atoms with Crippen molar-refractivity contribution >= 4 is 46.9 Å². The number of hydrogen-bond acceptors (Lipinski definition) is 4. The Bertz CT molecular complexity index is 533. The van der Waals surface area contributed by atoms with E-state index in [1.165, 1.54) is 18.4 Å². The van der Waals surface area contributed by atoms with E-state index >= 15 is 0 Å². The molecule has 2 aromatic rings. The van der Waals surface area contributed by atoms with Crippen LogP contribution in [0.15, 0.2) is 28.6 Å². The van der Waals surface area contributed by atoms with Gasteiger partial charge < -0.3 is 0 Å². The van der Waals surface area contributed by atoms with Crippen LogP contribution in [-0.2, 0) is 6.42 Å². The normalized spacial score (nSPS) is 10.7. The van der Waals surface area contributed by atoms with Crippen molar-refractivity contribution < 1.29 is 0 Å². The molecule has 0 fully saturated rings. The third-order valence-corrected chi connectivity index (χ3v) is 4.99. The maximum Gasteiger partial charge on any atom is 0.177 e. The number of thioether (sulfide) groups is 1. The maximum atomic E-state index is 5.84. The fraction of sp³-hybridized carbons (Fsp3) is 0.333. The molecule has 0 aliphatic carbocycles. The summed E-state index contributed by atoms with van der Waals surface area (Å²) in [4.78, 5) is 0. The highest BCUT2D eigenvalue weighted by Gasteiger charge is 1.99. The van der Waals surface area contributed by atoms with Crippen LogP contribution < -0.4 is 0 Å². The van der Waals surface area contributed by atoms with Crippen molar-refractivity contribution in [2.75, 3.05) is 5.75 Å².